The molecule has 0 amide bonds. The molecule has 5 nitrogen and oxygen atoms in total. The summed E-state index contributed by atoms with van der Waals surface area (Å²) in [5.74, 6) is 1.65. The van der Waals surface area contributed by atoms with Gasteiger partial charge in [-0.05, 0) is 52.7 Å². The highest BCUT2D eigenvalue weighted by Crippen LogP contribution is 2.48. The van der Waals surface area contributed by atoms with Crippen LogP contribution < -0.4 is 15.0 Å². The number of hydrogen-bond acceptors (Lipinski definition) is 4. The topological polar surface area (TPSA) is 60.1 Å². The van der Waals surface area contributed by atoms with Gasteiger partial charge in [-0.15, -0.1) is 0 Å². The maximum atomic E-state index is 9.23. The normalized spacial score (nSPS) is 14.2. The molecule has 0 bridgehead atoms. The van der Waals surface area contributed by atoms with Gasteiger partial charge in [-0.2, -0.15) is 0 Å². The summed E-state index contributed by atoms with van der Waals surface area (Å²) in [7, 11) is 1.66. The van der Waals surface area contributed by atoms with E-state index in [1.807, 2.05) is 60.7 Å². The molecule has 0 aliphatic carbocycles. The van der Waals surface area contributed by atoms with E-state index in [9.17, 15) is 5.41 Å². The highest BCUT2D eigenvalue weighted by atomic mass is 35.5. The van der Waals surface area contributed by atoms with Gasteiger partial charge in [-0.1, -0.05) is 60.1 Å². The molecule has 4 aromatic carbocycles. The predicted molar refractivity (Wildman–Crippen MR) is 132 cm³/mol. The van der Waals surface area contributed by atoms with Crippen molar-refractivity contribution in [2.45, 2.75) is 5.92 Å². The minimum atomic E-state index is -0.272. The standard InChI is InChI=1S/C28H20ClN3O2/c1-33-21-10-4-7-18(14-21)24-25-22-11-3-2-6-17(22)12-13-23(25)34-28-26(24)27(30)32(16-31-28)20-9-5-8-19(29)15-20/h2-16,24,30H,1H3. The number of methoxy groups -OCH3 is 1. The van der Waals surface area contributed by atoms with Crippen molar-refractivity contribution < 1.29 is 9.47 Å². The first-order chi connectivity index (χ1) is 16.6. The third-order valence-electron chi connectivity index (χ3n) is 6.25. The van der Waals surface area contributed by atoms with E-state index in [0.717, 1.165) is 39.1 Å². The summed E-state index contributed by atoms with van der Waals surface area (Å²) >= 11 is 6.25. The van der Waals surface area contributed by atoms with Crippen LogP contribution in [0.4, 0.5) is 0 Å². The zero-order chi connectivity index (χ0) is 23.2. The van der Waals surface area contributed by atoms with E-state index >= 15 is 0 Å². The smallest absolute Gasteiger partial charge is 0.228 e. The molecule has 1 aliphatic heterocycles. The maximum absolute atomic E-state index is 9.23. The number of aromatic nitrogens is 2. The second-order valence-electron chi connectivity index (χ2n) is 8.17. The Bertz CT molecular complexity index is 1630. The largest absolute Gasteiger partial charge is 0.497 e. The zero-order valence-electron chi connectivity index (χ0n) is 18.3. The lowest BCUT2D eigenvalue weighted by Crippen LogP contribution is -2.29. The highest BCUT2D eigenvalue weighted by molar-refractivity contribution is 6.30. The number of nitrogens with one attached hydrogen (secondary N) is 1. The number of fused-ring (bicyclic) bond motifs is 4. The number of nitrogens with zero attached hydrogens (tertiary/aromatic N) is 2. The van der Waals surface area contributed by atoms with Crippen molar-refractivity contribution in [3.8, 4) is 23.1 Å². The molecule has 1 aliphatic rings. The van der Waals surface area contributed by atoms with Crippen LogP contribution in [0.15, 0.2) is 91.3 Å². The van der Waals surface area contributed by atoms with Crippen molar-refractivity contribution in [2.24, 2.45) is 0 Å². The molecule has 1 aromatic heterocycles. The zero-order valence-corrected chi connectivity index (χ0v) is 19.1. The van der Waals surface area contributed by atoms with E-state index in [0.29, 0.717) is 22.0 Å². The van der Waals surface area contributed by atoms with E-state index in [1.54, 1.807) is 18.0 Å². The van der Waals surface area contributed by atoms with E-state index in [1.165, 1.54) is 0 Å². The summed E-state index contributed by atoms with van der Waals surface area (Å²) in [5, 5.41) is 12.0. The Morgan fingerprint density at radius 3 is 2.65 bits per heavy atom. The summed E-state index contributed by atoms with van der Waals surface area (Å²) in [6.45, 7) is 0. The summed E-state index contributed by atoms with van der Waals surface area (Å²) in [6, 6.07) is 27.6. The molecule has 0 saturated heterocycles. The Morgan fingerprint density at radius 1 is 0.941 bits per heavy atom. The molecule has 1 atom stereocenters. The van der Waals surface area contributed by atoms with Crippen molar-refractivity contribution in [1.82, 2.24) is 9.55 Å². The second kappa shape index (κ2) is 8.04. The number of halogens is 1. The van der Waals surface area contributed by atoms with Crippen LogP contribution >= 0.6 is 11.6 Å². The van der Waals surface area contributed by atoms with Crippen LogP contribution in [0.1, 0.15) is 22.6 Å². The van der Waals surface area contributed by atoms with E-state index in [-0.39, 0.29) is 5.92 Å². The van der Waals surface area contributed by atoms with Crippen molar-refractivity contribution in [3.05, 3.63) is 118 Å². The average Bonchev–Trinajstić information content (AvgIpc) is 2.87. The summed E-state index contributed by atoms with van der Waals surface area (Å²) in [6.07, 6.45) is 1.61. The average molecular weight is 466 g/mol. The maximum Gasteiger partial charge on any atom is 0.228 e. The number of benzene rings is 4. The molecular formula is C28H20ClN3O2. The predicted octanol–water partition coefficient (Wildman–Crippen LogP) is 6.45. The molecule has 1 unspecified atom stereocenters. The van der Waals surface area contributed by atoms with Gasteiger partial charge in [0.2, 0.25) is 5.88 Å². The first-order valence-corrected chi connectivity index (χ1v) is 11.3. The van der Waals surface area contributed by atoms with Crippen molar-refractivity contribution >= 4 is 22.4 Å². The van der Waals surface area contributed by atoms with Gasteiger partial charge in [0.15, 0.2) is 0 Å². The van der Waals surface area contributed by atoms with Gasteiger partial charge < -0.3 is 9.47 Å². The monoisotopic (exact) mass is 465 g/mol. The SMILES string of the molecule is COc1cccc(C2c3c(ncn(-c4cccc(Cl)c4)c3=N)Oc3ccc4ccccc4c32)c1. The summed E-state index contributed by atoms with van der Waals surface area (Å²) in [5.41, 5.74) is 3.76. The number of rotatable bonds is 3. The molecule has 6 rings (SSSR count). The van der Waals surface area contributed by atoms with Crippen molar-refractivity contribution in [3.63, 3.8) is 0 Å². The van der Waals surface area contributed by atoms with E-state index < -0.39 is 0 Å². The molecule has 2 heterocycles. The minimum absolute atomic E-state index is 0.272. The summed E-state index contributed by atoms with van der Waals surface area (Å²) < 4.78 is 13.6. The van der Waals surface area contributed by atoms with Crippen LogP contribution in [0.2, 0.25) is 5.02 Å². The van der Waals surface area contributed by atoms with Crippen LogP contribution in [-0.2, 0) is 0 Å². The quantitative estimate of drug-likeness (QED) is 0.326. The molecule has 0 fully saturated rings. The minimum Gasteiger partial charge on any atom is -0.497 e. The fraction of sp³-hybridized carbons (Fsp3) is 0.0714. The first kappa shape index (κ1) is 20.5. The Hall–Kier alpha value is -4.09. The lowest BCUT2D eigenvalue weighted by molar-refractivity contribution is 0.412. The third kappa shape index (κ3) is 3.25. The van der Waals surface area contributed by atoms with Crippen LogP contribution in [0, 0.1) is 5.41 Å². The summed E-state index contributed by atoms with van der Waals surface area (Å²) in [4.78, 5) is 4.63. The van der Waals surface area contributed by atoms with Gasteiger partial charge in [0, 0.05) is 22.2 Å². The Balaban J connectivity index is 1.68. The Kier molecular flexibility index (Phi) is 4.85. The van der Waals surface area contributed by atoms with Crippen LogP contribution in [0.5, 0.6) is 17.4 Å². The second-order valence-corrected chi connectivity index (χ2v) is 8.61. The van der Waals surface area contributed by atoms with E-state index in [2.05, 4.69) is 29.2 Å². The fourth-order valence-corrected chi connectivity index (χ4v) is 4.88. The number of ether oxygens (including phenoxy) is 2. The van der Waals surface area contributed by atoms with Crippen molar-refractivity contribution in [1.29, 1.82) is 5.41 Å². The lowest BCUT2D eigenvalue weighted by Gasteiger charge is -2.30. The number of hydrogen-bond donors (Lipinski definition) is 1. The van der Waals surface area contributed by atoms with Gasteiger partial charge >= 0.3 is 0 Å². The lowest BCUT2D eigenvalue weighted by atomic mass is 9.81. The molecule has 1 N–H and O–H groups in total. The van der Waals surface area contributed by atoms with Gasteiger partial charge in [0.1, 0.15) is 23.3 Å². The molecule has 166 valence electrons. The molecule has 0 spiro atoms. The molecule has 6 heteroatoms. The molecule has 5 aromatic rings. The molecule has 0 saturated carbocycles. The van der Waals surface area contributed by atoms with Crippen molar-refractivity contribution in [2.75, 3.05) is 7.11 Å². The molecule has 0 radical (unpaired) electrons. The van der Waals surface area contributed by atoms with Gasteiger partial charge in [-0.3, -0.25) is 9.98 Å². The third-order valence-corrected chi connectivity index (χ3v) is 6.48. The molecular weight excluding hydrogens is 446 g/mol. The van der Waals surface area contributed by atoms with Gasteiger partial charge in [0.25, 0.3) is 0 Å². The first-order valence-electron chi connectivity index (χ1n) is 10.9. The van der Waals surface area contributed by atoms with Crippen LogP contribution in [0.3, 0.4) is 0 Å². The molecule has 34 heavy (non-hydrogen) atoms. The fourth-order valence-electron chi connectivity index (χ4n) is 4.70. The highest BCUT2D eigenvalue weighted by Gasteiger charge is 2.33. The Morgan fingerprint density at radius 2 is 1.79 bits per heavy atom. The van der Waals surface area contributed by atoms with E-state index in [4.69, 9.17) is 21.1 Å². The van der Waals surface area contributed by atoms with Gasteiger partial charge in [-0.25, -0.2) is 4.98 Å². The van der Waals surface area contributed by atoms with Gasteiger partial charge in [0.05, 0.1) is 12.7 Å². The van der Waals surface area contributed by atoms with Crippen LogP contribution in [0.25, 0.3) is 16.5 Å². The Labute approximate surface area is 201 Å². The van der Waals surface area contributed by atoms with Crippen LogP contribution in [-0.4, -0.2) is 16.7 Å².